The van der Waals surface area contributed by atoms with Crippen LogP contribution in [-0.2, 0) is 32.7 Å². The Morgan fingerprint density at radius 1 is 0.806 bits per heavy atom. The van der Waals surface area contributed by atoms with Crippen molar-refractivity contribution in [2.75, 3.05) is 0 Å². The Kier molecular flexibility index (Phi) is 6.89. The third kappa shape index (κ3) is 5.05. The van der Waals surface area contributed by atoms with Gasteiger partial charge in [-0.25, -0.2) is 0 Å². The van der Waals surface area contributed by atoms with Crippen LogP contribution in [-0.4, -0.2) is 15.9 Å². The Bertz CT molecular complexity index is 1350. The molecule has 1 heterocycles. The number of fused-ring (bicyclic) bond motifs is 1. The molecule has 182 valence electrons. The summed E-state index contributed by atoms with van der Waals surface area (Å²) >= 11 is 0. The first-order valence-electron chi connectivity index (χ1n) is 12.2. The van der Waals surface area contributed by atoms with Crippen LogP contribution >= 0.6 is 0 Å². The van der Waals surface area contributed by atoms with Crippen LogP contribution < -0.4 is 9.47 Å². The molecule has 1 aliphatic heterocycles. The summed E-state index contributed by atoms with van der Waals surface area (Å²) in [4.78, 5) is 15.5. The molecule has 0 aliphatic carbocycles. The summed E-state index contributed by atoms with van der Waals surface area (Å²) in [7, 11) is 0. The van der Waals surface area contributed by atoms with Crippen molar-refractivity contribution in [1.29, 1.82) is 0 Å². The Morgan fingerprint density at radius 2 is 1.44 bits per heavy atom. The SMILES string of the molecule is CCc1cc(C(=O)N2Cc3cccc(O)c3C2)c(OCc2ccccc2)cc1OCc1ccccc1. The second-order valence-electron chi connectivity index (χ2n) is 8.93. The van der Waals surface area contributed by atoms with Crippen LogP contribution in [0.2, 0.25) is 0 Å². The van der Waals surface area contributed by atoms with Gasteiger partial charge in [-0.05, 0) is 40.8 Å². The maximum atomic E-state index is 13.7. The molecule has 0 bridgehead atoms. The molecule has 0 spiro atoms. The molecule has 5 rings (SSSR count). The van der Waals surface area contributed by atoms with Crippen LogP contribution in [0.1, 0.15) is 45.1 Å². The maximum absolute atomic E-state index is 13.7. The summed E-state index contributed by atoms with van der Waals surface area (Å²) in [5.41, 5.74) is 5.30. The zero-order chi connectivity index (χ0) is 24.9. The quantitative estimate of drug-likeness (QED) is 0.324. The fourth-order valence-corrected chi connectivity index (χ4v) is 4.49. The first-order valence-corrected chi connectivity index (χ1v) is 12.2. The monoisotopic (exact) mass is 479 g/mol. The normalized spacial score (nSPS) is 12.3. The lowest BCUT2D eigenvalue weighted by atomic mass is 10.0. The van der Waals surface area contributed by atoms with Gasteiger partial charge in [-0.1, -0.05) is 79.7 Å². The Morgan fingerprint density at radius 3 is 2.06 bits per heavy atom. The molecule has 5 nitrogen and oxygen atoms in total. The topological polar surface area (TPSA) is 59.0 Å². The van der Waals surface area contributed by atoms with E-state index < -0.39 is 0 Å². The average Bonchev–Trinajstić information content (AvgIpc) is 3.37. The number of phenolic OH excluding ortho intramolecular Hbond substituents is 1. The molecular formula is C31H29NO4. The van der Waals surface area contributed by atoms with Gasteiger partial charge >= 0.3 is 0 Å². The number of nitrogens with zero attached hydrogens (tertiary/aromatic N) is 1. The van der Waals surface area contributed by atoms with Gasteiger partial charge in [0.1, 0.15) is 30.5 Å². The highest BCUT2D eigenvalue weighted by Gasteiger charge is 2.29. The number of carbonyl (C=O) groups is 1. The number of hydrogen-bond donors (Lipinski definition) is 1. The standard InChI is InChI=1S/C31H29NO4/c1-2-24-16-26(31(34)32-18-25-14-9-15-28(33)27(25)19-32)30(36-21-23-12-7-4-8-13-23)17-29(24)35-20-22-10-5-3-6-11-22/h3-17,33H,2,18-21H2,1H3. The minimum atomic E-state index is -0.127. The largest absolute Gasteiger partial charge is 0.508 e. The number of benzene rings is 4. The van der Waals surface area contributed by atoms with Crippen molar-refractivity contribution >= 4 is 5.91 Å². The van der Waals surface area contributed by atoms with Crippen molar-refractivity contribution in [2.24, 2.45) is 0 Å². The van der Waals surface area contributed by atoms with E-state index in [9.17, 15) is 9.90 Å². The number of phenols is 1. The van der Waals surface area contributed by atoms with E-state index in [0.29, 0.717) is 49.8 Å². The molecule has 5 heteroatoms. The molecule has 0 radical (unpaired) electrons. The summed E-state index contributed by atoms with van der Waals surface area (Å²) < 4.78 is 12.4. The van der Waals surface area contributed by atoms with E-state index in [1.165, 1.54) is 0 Å². The number of aryl methyl sites for hydroxylation is 1. The first kappa shape index (κ1) is 23.5. The Labute approximate surface area is 211 Å². The van der Waals surface area contributed by atoms with Crippen LogP contribution in [0.5, 0.6) is 17.2 Å². The summed E-state index contributed by atoms with van der Waals surface area (Å²) in [5, 5.41) is 10.3. The number of rotatable bonds is 8. The molecule has 4 aromatic rings. The van der Waals surface area contributed by atoms with E-state index in [0.717, 1.165) is 27.8 Å². The van der Waals surface area contributed by atoms with Crippen LogP contribution in [0, 0.1) is 0 Å². The van der Waals surface area contributed by atoms with Gasteiger partial charge in [-0.2, -0.15) is 0 Å². The van der Waals surface area contributed by atoms with Gasteiger partial charge in [0.05, 0.1) is 12.1 Å². The van der Waals surface area contributed by atoms with E-state index in [4.69, 9.17) is 9.47 Å². The molecule has 4 aromatic carbocycles. The fraction of sp³-hybridized carbons (Fsp3) is 0.194. The number of ether oxygens (including phenoxy) is 2. The number of hydrogen-bond acceptors (Lipinski definition) is 4. The van der Waals surface area contributed by atoms with E-state index in [1.54, 1.807) is 11.0 Å². The molecule has 1 amide bonds. The molecule has 0 aromatic heterocycles. The van der Waals surface area contributed by atoms with Gasteiger partial charge in [0.15, 0.2) is 0 Å². The molecule has 1 aliphatic rings. The second kappa shape index (κ2) is 10.6. The Balaban J connectivity index is 1.45. The summed E-state index contributed by atoms with van der Waals surface area (Å²) in [6.07, 6.45) is 0.713. The predicted molar refractivity (Wildman–Crippen MR) is 139 cm³/mol. The summed E-state index contributed by atoms with van der Waals surface area (Å²) in [6.45, 7) is 3.64. The molecule has 0 unspecified atom stereocenters. The zero-order valence-electron chi connectivity index (χ0n) is 20.3. The average molecular weight is 480 g/mol. The van der Waals surface area contributed by atoms with Gasteiger partial charge in [-0.3, -0.25) is 4.79 Å². The predicted octanol–water partition coefficient (Wildman–Crippen LogP) is 6.27. The van der Waals surface area contributed by atoms with Crippen LogP contribution in [0.15, 0.2) is 91.0 Å². The minimum absolute atomic E-state index is 0.127. The third-order valence-electron chi connectivity index (χ3n) is 6.49. The van der Waals surface area contributed by atoms with Crippen molar-refractivity contribution < 1.29 is 19.4 Å². The van der Waals surface area contributed by atoms with Gasteiger partial charge in [0, 0.05) is 18.2 Å². The smallest absolute Gasteiger partial charge is 0.258 e. The van der Waals surface area contributed by atoms with Gasteiger partial charge < -0.3 is 19.5 Å². The lowest BCUT2D eigenvalue weighted by molar-refractivity contribution is 0.0745. The first-order chi connectivity index (χ1) is 17.6. The van der Waals surface area contributed by atoms with E-state index >= 15 is 0 Å². The minimum Gasteiger partial charge on any atom is -0.508 e. The fourth-order valence-electron chi connectivity index (χ4n) is 4.49. The van der Waals surface area contributed by atoms with Crippen molar-refractivity contribution in [3.05, 3.63) is 124 Å². The third-order valence-corrected chi connectivity index (χ3v) is 6.49. The molecule has 0 saturated carbocycles. The molecule has 0 atom stereocenters. The molecule has 0 saturated heterocycles. The van der Waals surface area contributed by atoms with Gasteiger partial charge in [0.2, 0.25) is 0 Å². The van der Waals surface area contributed by atoms with E-state index in [-0.39, 0.29) is 11.7 Å². The highest BCUT2D eigenvalue weighted by Crippen LogP contribution is 2.35. The van der Waals surface area contributed by atoms with Crippen molar-refractivity contribution in [3.8, 4) is 17.2 Å². The summed E-state index contributed by atoms with van der Waals surface area (Å²) in [6, 6.07) is 29.1. The Hall–Kier alpha value is -4.25. The van der Waals surface area contributed by atoms with Crippen LogP contribution in [0.25, 0.3) is 0 Å². The van der Waals surface area contributed by atoms with E-state index in [2.05, 4.69) is 0 Å². The number of amides is 1. The van der Waals surface area contributed by atoms with Crippen LogP contribution in [0.4, 0.5) is 0 Å². The van der Waals surface area contributed by atoms with Gasteiger partial charge in [0.25, 0.3) is 5.91 Å². The highest BCUT2D eigenvalue weighted by atomic mass is 16.5. The highest BCUT2D eigenvalue weighted by molar-refractivity contribution is 5.98. The molecule has 0 fully saturated rings. The molecular weight excluding hydrogens is 450 g/mol. The summed E-state index contributed by atoms with van der Waals surface area (Å²) in [5.74, 6) is 1.30. The second-order valence-corrected chi connectivity index (χ2v) is 8.93. The number of carbonyl (C=O) groups excluding carboxylic acids is 1. The zero-order valence-corrected chi connectivity index (χ0v) is 20.3. The number of aromatic hydroxyl groups is 1. The molecule has 36 heavy (non-hydrogen) atoms. The van der Waals surface area contributed by atoms with Crippen molar-refractivity contribution in [3.63, 3.8) is 0 Å². The van der Waals surface area contributed by atoms with Crippen LogP contribution in [0.3, 0.4) is 0 Å². The van der Waals surface area contributed by atoms with Gasteiger partial charge in [-0.15, -0.1) is 0 Å². The molecule has 1 N–H and O–H groups in total. The lowest BCUT2D eigenvalue weighted by Crippen LogP contribution is -2.26. The van der Waals surface area contributed by atoms with Crippen molar-refractivity contribution in [2.45, 2.75) is 39.6 Å². The van der Waals surface area contributed by atoms with Crippen molar-refractivity contribution in [1.82, 2.24) is 4.90 Å². The maximum Gasteiger partial charge on any atom is 0.258 e. The van der Waals surface area contributed by atoms with E-state index in [1.807, 2.05) is 91.9 Å². The lowest BCUT2D eigenvalue weighted by Gasteiger charge is -2.21.